The van der Waals surface area contributed by atoms with E-state index in [9.17, 15) is 29.7 Å². The van der Waals surface area contributed by atoms with Crippen LogP contribution in [0.3, 0.4) is 0 Å². The van der Waals surface area contributed by atoms with Crippen molar-refractivity contribution in [3.05, 3.63) is 0 Å². The molecule has 0 amide bonds. The Labute approximate surface area is 364 Å². The van der Waals surface area contributed by atoms with Crippen molar-refractivity contribution in [3.8, 4) is 0 Å². The number of carboxylic acids is 1. The van der Waals surface area contributed by atoms with Crippen molar-refractivity contribution in [1.82, 2.24) is 0 Å². The van der Waals surface area contributed by atoms with Gasteiger partial charge < -0.3 is 53.3 Å². The van der Waals surface area contributed by atoms with Crippen LogP contribution in [0.15, 0.2) is 0 Å². The first-order valence-electron chi connectivity index (χ1n) is 20.1. The van der Waals surface area contributed by atoms with E-state index in [4.69, 9.17) is 33.2 Å². The number of carboxylic acid groups (broad SMARTS) is 1. The van der Waals surface area contributed by atoms with E-state index in [0.29, 0.717) is 19.3 Å². The third-order valence-electron chi connectivity index (χ3n) is 13.4. The zero-order chi connectivity index (χ0) is 39.3. The van der Waals surface area contributed by atoms with Gasteiger partial charge in [0, 0.05) is 55.3 Å². The molecule has 54 heavy (non-hydrogen) atoms. The van der Waals surface area contributed by atoms with Crippen molar-refractivity contribution in [3.63, 3.8) is 0 Å². The minimum absolute atomic E-state index is 0. The molecule has 5 aliphatic rings. The largest absolute Gasteiger partial charge is 1.00 e. The van der Waals surface area contributed by atoms with E-state index in [2.05, 4.69) is 20.8 Å². The molecular weight excluding hydrogens is 728 g/mol. The van der Waals surface area contributed by atoms with Crippen molar-refractivity contribution in [2.75, 3.05) is 6.61 Å². The monoisotopic (exact) mass is 792 g/mol. The van der Waals surface area contributed by atoms with Gasteiger partial charge in [-0.2, -0.15) is 0 Å². The standard InChI is InChI=1S/C40H66O13.K/c1-11-30(42)47-20-40(46)23(5)17-21(3)32(52-40)28-18-22(4)35(48-28)38(10)14-13-29(50-38)37(9)15-16-39(53-37)19-27(41)24(6)34(51-39)25(7)33(26(8)36(44)45)49-31(43)12-2;/h21-29,32-35,41,46H,11-20H2,1-10H3,(H,44,45);/q;+1/p-1/t21-,22-,23+,24+,25-,26-,27-,28+,29+,32-,33+,34-,35+,37-,38-,39+,40-;/m0./s1. The van der Waals surface area contributed by atoms with Gasteiger partial charge in [-0.25, -0.2) is 0 Å². The number of hydrogen-bond donors (Lipinski definition) is 2. The summed E-state index contributed by atoms with van der Waals surface area (Å²) < 4.78 is 44.7. The first-order valence-corrected chi connectivity index (χ1v) is 20.1. The predicted molar refractivity (Wildman–Crippen MR) is 189 cm³/mol. The van der Waals surface area contributed by atoms with Gasteiger partial charge in [0.15, 0.2) is 5.79 Å². The Kier molecular flexibility index (Phi) is 15.4. The number of aliphatic carboxylic acids is 1. The summed E-state index contributed by atoms with van der Waals surface area (Å²) >= 11 is 0. The maximum Gasteiger partial charge on any atom is 1.00 e. The molecule has 0 radical (unpaired) electrons. The van der Waals surface area contributed by atoms with Gasteiger partial charge in [-0.15, -0.1) is 0 Å². The Morgan fingerprint density at radius 3 is 2.20 bits per heavy atom. The van der Waals surface area contributed by atoms with Crippen LogP contribution in [0.5, 0.6) is 0 Å². The average Bonchev–Trinajstić information content (AvgIpc) is 3.81. The molecule has 1 spiro atoms. The molecule has 5 heterocycles. The van der Waals surface area contributed by atoms with E-state index in [1.165, 1.54) is 6.92 Å². The van der Waals surface area contributed by atoms with E-state index in [-0.39, 0.29) is 131 Å². The van der Waals surface area contributed by atoms with E-state index >= 15 is 0 Å². The van der Waals surface area contributed by atoms with E-state index in [1.54, 1.807) is 20.8 Å². The molecule has 0 aliphatic carbocycles. The number of esters is 2. The zero-order valence-electron chi connectivity index (χ0n) is 34.5. The molecule has 0 unspecified atom stereocenters. The summed E-state index contributed by atoms with van der Waals surface area (Å²) in [5.41, 5.74) is -1.35. The molecule has 5 rings (SSSR count). The Balaban J connectivity index is 0.00000650. The topological polar surface area (TPSA) is 179 Å². The van der Waals surface area contributed by atoms with Crippen LogP contribution in [0.1, 0.15) is 127 Å². The molecular formula is C40H65KO13. The van der Waals surface area contributed by atoms with Gasteiger partial charge in [0.25, 0.3) is 0 Å². The van der Waals surface area contributed by atoms with Crippen LogP contribution in [0.4, 0.5) is 0 Å². The second-order valence-corrected chi connectivity index (χ2v) is 17.6. The quantitative estimate of drug-likeness (QED) is 0.210. The summed E-state index contributed by atoms with van der Waals surface area (Å²) in [5, 5.41) is 34.7. The smallest absolute Gasteiger partial charge is 0.550 e. The summed E-state index contributed by atoms with van der Waals surface area (Å²) in [5.74, 6) is -6.92. The molecule has 304 valence electrons. The third kappa shape index (κ3) is 9.46. The molecule has 0 bridgehead atoms. The minimum atomic E-state index is -1.59. The number of aliphatic hydroxyl groups is 2. The van der Waals surface area contributed by atoms with Crippen molar-refractivity contribution in [1.29, 1.82) is 0 Å². The summed E-state index contributed by atoms with van der Waals surface area (Å²) in [4.78, 5) is 36.2. The summed E-state index contributed by atoms with van der Waals surface area (Å²) in [6.45, 7) is 18.6. The maximum absolute atomic E-state index is 12.3. The van der Waals surface area contributed by atoms with Gasteiger partial charge in [-0.1, -0.05) is 55.4 Å². The summed E-state index contributed by atoms with van der Waals surface area (Å²) in [7, 11) is 0. The van der Waals surface area contributed by atoms with Gasteiger partial charge in [0.05, 0.1) is 47.8 Å². The van der Waals surface area contributed by atoms with Gasteiger partial charge in [-0.05, 0) is 57.8 Å². The van der Waals surface area contributed by atoms with Crippen LogP contribution < -0.4 is 56.5 Å². The molecule has 5 aliphatic heterocycles. The first-order chi connectivity index (χ1) is 24.7. The minimum Gasteiger partial charge on any atom is -0.550 e. The van der Waals surface area contributed by atoms with Gasteiger partial charge >= 0.3 is 63.3 Å². The Bertz CT molecular complexity index is 1330. The molecule has 17 atom stereocenters. The van der Waals surface area contributed by atoms with Crippen molar-refractivity contribution in [2.24, 2.45) is 35.5 Å². The van der Waals surface area contributed by atoms with Crippen LogP contribution in [0.25, 0.3) is 0 Å². The fourth-order valence-corrected chi connectivity index (χ4v) is 9.93. The second-order valence-electron chi connectivity index (χ2n) is 17.6. The zero-order valence-corrected chi connectivity index (χ0v) is 37.6. The fourth-order valence-electron chi connectivity index (χ4n) is 9.93. The van der Waals surface area contributed by atoms with Crippen LogP contribution in [-0.2, 0) is 47.5 Å². The molecule has 5 saturated heterocycles. The fraction of sp³-hybridized carbons (Fsp3) is 0.925. The van der Waals surface area contributed by atoms with Crippen molar-refractivity contribution in [2.45, 2.75) is 193 Å². The Hall–Kier alpha value is -0.234. The van der Waals surface area contributed by atoms with Crippen molar-refractivity contribution < 1.29 is 114 Å². The van der Waals surface area contributed by atoms with E-state index in [0.717, 1.165) is 19.3 Å². The number of ether oxygens (including phenoxy) is 7. The predicted octanol–water partition coefficient (Wildman–Crippen LogP) is 0.820. The number of carbonyl (C=O) groups excluding carboxylic acids is 3. The van der Waals surface area contributed by atoms with Crippen LogP contribution >= 0.6 is 0 Å². The molecule has 14 heteroatoms. The van der Waals surface area contributed by atoms with E-state index < -0.39 is 64.9 Å². The SMILES string of the molecule is CCC(=O)OC[C@]1(O)O[C@H]([C@H]2C[C@H](C)[C@H]([C@]3(C)CC[C@H]([C@]4(C)CC[C@]5(C[C@H](O)[C@@H](C)[C@@H]([C@@H](C)[C@@H](OC(=O)CC)[C@H](C)C(=O)[O-])O5)O4)O3)O2)[C@@H](C)C[C@H]1C.[K+]. The second kappa shape index (κ2) is 17.9. The Morgan fingerprint density at radius 2 is 1.57 bits per heavy atom. The molecule has 2 N–H and O–H groups in total. The van der Waals surface area contributed by atoms with Crippen LogP contribution in [0.2, 0.25) is 0 Å². The van der Waals surface area contributed by atoms with Gasteiger partial charge in [0.2, 0.25) is 5.79 Å². The molecule has 0 aromatic carbocycles. The van der Waals surface area contributed by atoms with Crippen molar-refractivity contribution >= 4 is 17.9 Å². The van der Waals surface area contributed by atoms with Gasteiger partial charge in [0.1, 0.15) is 12.7 Å². The molecule has 0 aromatic rings. The van der Waals surface area contributed by atoms with Crippen LogP contribution in [-0.4, -0.2) is 100 Å². The van der Waals surface area contributed by atoms with Crippen LogP contribution in [0, 0.1) is 35.5 Å². The number of aliphatic hydroxyl groups excluding tert-OH is 1. The third-order valence-corrected chi connectivity index (χ3v) is 13.4. The van der Waals surface area contributed by atoms with Gasteiger partial charge in [-0.3, -0.25) is 9.59 Å². The van der Waals surface area contributed by atoms with E-state index in [1.807, 2.05) is 20.8 Å². The molecule has 0 aromatic heterocycles. The average molecular weight is 793 g/mol. The normalized spacial score (nSPS) is 45.3. The molecule has 5 fully saturated rings. The Morgan fingerprint density at radius 1 is 0.907 bits per heavy atom. The molecule has 13 nitrogen and oxygen atoms in total. The summed E-state index contributed by atoms with van der Waals surface area (Å²) in [6, 6.07) is 0. The number of carbonyl (C=O) groups is 3. The summed E-state index contributed by atoms with van der Waals surface area (Å²) in [6.07, 6.45) is 0.977. The number of rotatable bonds is 12. The maximum atomic E-state index is 12.3. The number of hydrogen-bond acceptors (Lipinski definition) is 13. The first kappa shape index (κ1) is 46.5. The molecule has 0 saturated carbocycles.